The van der Waals surface area contributed by atoms with Crippen molar-refractivity contribution >= 4 is 11.4 Å². The number of nitrogens with one attached hydrogen (secondary N) is 1. The average molecular weight is 202 g/mol. The van der Waals surface area contributed by atoms with Crippen LogP contribution in [0.1, 0.15) is 24.0 Å². The summed E-state index contributed by atoms with van der Waals surface area (Å²) >= 11 is 0. The Kier molecular flexibility index (Phi) is 2.19. The number of nitrogens with zero attached hydrogens (tertiary/aromatic N) is 2. The SMILES string of the molecule is CCc1nc(C)c2c(C(=N)N)cccn12. The van der Waals surface area contributed by atoms with Crippen molar-refractivity contribution in [2.75, 3.05) is 0 Å². The van der Waals surface area contributed by atoms with Gasteiger partial charge in [-0.05, 0) is 19.1 Å². The summed E-state index contributed by atoms with van der Waals surface area (Å²) in [4.78, 5) is 4.46. The van der Waals surface area contributed by atoms with Crippen molar-refractivity contribution in [2.24, 2.45) is 5.73 Å². The Morgan fingerprint density at radius 1 is 1.60 bits per heavy atom. The van der Waals surface area contributed by atoms with E-state index in [0.29, 0.717) is 0 Å². The van der Waals surface area contributed by atoms with E-state index in [2.05, 4.69) is 11.9 Å². The number of nitrogens with two attached hydrogens (primary N) is 1. The van der Waals surface area contributed by atoms with Crippen LogP contribution in [-0.4, -0.2) is 15.2 Å². The molecule has 0 aliphatic heterocycles. The van der Waals surface area contributed by atoms with Crippen molar-refractivity contribution in [1.29, 1.82) is 5.41 Å². The minimum atomic E-state index is 0.0891. The zero-order chi connectivity index (χ0) is 11.0. The Balaban J connectivity index is 2.86. The van der Waals surface area contributed by atoms with Crippen LogP contribution < -0.4 is 5.73 Å². The number of nitrogen functional groups attached to an aromatic ring is 1. The van der Waals surface area contributed by atoms with E-state index in [9.17, 15) is 0 Å². The molecule has 0 fully saturated rings. The van der Waals surface area contributed by atoms with Crippen LogP contribution in [0.4, 0.5) is 0 Å². The van der Waals surface area contributed by atoms with Gasteiger partial charge in [0.05, 0.1) is 11.2 Å². The zero-order valence-corrected chi connectivity index (χ0v) is 8.91. The molecule has 4 nitrogen and oxygen atoms in total. The number of imidazole rings is 1. The third-order valence-corrected chi connectivity index (χ3v) is 2.52. The number of pyridine rings is 1. The highest BCUT2D eigenvalue weighted by Gasteiger charge is 2.11. The van der Waals surface area contributed by atoms with Gasteiger partial charge in [0.25, 0.3) is 0 Å². The maximum absolute atomic E-state index is 7.52. The van der Waals surface area contributed by atoms with Crippen LogP contribution >= 0.6 is 0 Å². The minimum absolute atomic E-state index is 0.0891. The highest BCUT2D eigenvalue weighted by molar-refractivity contribution is 6.01. The predicted octanol–water partition coefficient (Wildman–Crippen LogP) is 1.49. The first kappa shape index (κ1) is 9.71. The van der Waals surface area contributed by atoms with Crippen molar-refractivity contribution in [3.8, 4) is 0 Å². The monoisotopic (exact) mass is 202 g/mol. The molecule has 4 heteroatoms. The fourth-order valence-electron chi connectivity index (χ4n) is 1.86. The molecular formula is C11H14N4. The quantitative estimate of drug-likeness (QED) is 0.572. The molecular weight excluding hydrogens is 188 g/mol. The van der Waals surface area contributed by atoms with Crippen LogP contribution in [0.5, 0.6) is 0 Å². The molecule has 0 saturated heterocycles. The maximum Gasteiger partial charge on any atom is 0.124 e. The lowest BCUT2D eigenvalue weighted by Gasteiger charge is -2.03. The molecule has 0 spiro atoms. The first-order valence-electron chi connectivity index (χ1n) is 4.96. The first-order chi connectivity index (χ1) is 7.15. The van der Waals surface area contributed by atoms with Crippen molar-refractivity contribution < 1.29 is 0 Å². The third kappa shape index (κ3) is 1.38. The molecule has 0 aliphatic carbocycles. The largest absolute Gasteiger partial charge is 0.384 e. The standard InChI is InChI=1S/C11H14N4/c1-3-9-14-7(2)10-8(11(12)13)5-4-6-15(9)10/h4-6H,3H2,1-2H3,(H3,12,13). The highest BCUT2D eigenvalue weighted by atomic mass is 15.0. The van der Waals surface area contributed by atoms with E-state index in [1.807, 2.05) is 29.7 Å². The number of aryl methyl sites for hydroxylation is 2. The van der Waals surface area contributed by atoms with E-state index in [0.717, 1.165) is 29.0 Å². The topological polar surface area (TPSA) is 67.2 Å². The molecule has 2 rings (SSSR count). The van der Waals surface area contributed by atoms with Crippen LogP contribution in [0.2, 0.25) is 0 Å². The maximum atomic E-state index is 7.52. The van der Waals surface area contributed by atoms with Gasteiger partial charge in [0.15, 0.2) is 0 Å². The Morgan fingerprint density at radius 3 is 2.93 bits per heavy atom. The molecule has 0 aliphatic rings. The van der Waals surface area contributed by atoms with Crippen LogP contribution in [0, 0.1) is 12.3 Å². The Bertz CT molecular complexity index is 525. The molecule has 2 aromatic heterocycles. The van der Waals surface area contributed by atoms with Gasteiger partial charge in [0, 0.05) is 18.2 Å². The fraction of sp³-hybridized carbons (Fsp3) is 0.273. The Hall–Kier alpha value is -1.84. The van der Waals surface area contributed by atoms with Crippen LogP contribution in [-0.2, 0) is 6.42 Å². The number of hydrogen-bond donors (Lipinski definition) is 2. The number of fused-ring (bicyclic) bond motifs is 1. The van der Waals surface area contributed by atoms with Crippen LogP contribution in [0.15, 0.2) is 18.3 Å². The average Bonchev–Trinajstić information content (AvgIpc) is 2.55. The van der Waals surface area contributed by atoms with Crippen molar-refractivity contribution in [3.05, 3.63) is 35.4 Å². The smallest absolute Gasteiger partial charge is 0.124 e. The van der Waals surface area contributed by atoms with Crippen molar-refractivity contribution in [2.45, 2.75) is 20.3 Å². The molecule has 2 aromatic rings. The minimum Gasteiger partial charge on any atom is -0.384 e. The highest BCUT2D eigenvalue weighted by Crippen LogP contribution is 2.17. The van der Waals surface area contributed by atoms with E-state index in [4.69, 9.17) is 11.1 Å². The fourth-order valence-corrected chi connectivity index (χ4v) is 1.86. The lowest BCUT2D eigenvalue weighted by molar-refractivity contribution is 0.928. The zero-order valence-electron chi connectivity index (χ0n) is 8.91. The van der Waals surface area contributed by atoms with Gasteiger partial charge in [-0.15, -0.1) is 0 Å². The van der Waals surface area contributed by atoms with Crippen molar-refractivity contribution in [3.63, 3.8) is 0 Å². The second-order valence-electron chi connectivity index (χ2n) is 3.52. The molecule has 78 valence electrons. The van der Waals surface area contributed by atoms with Gasteiger partial charge in [0.2, 0.25) is 0 Å². The Labute approximate surface area is 88.3 Å². The van der Waals surface area contributed by atoms with E-state index in [1.165, 1.54) is 0 Å². The molecule has 15 heavy (non-hydrogen) atoms. The lowest BCUT2D eigenvalue weighted by Crippen LogP contribution is -2.12. The second-order valence-corrected chi connectivity index (χ2v) is 3.52. The molecule has 0 saturated carbocycles. The van der Waals surface area contributed by atoms with Crippen LogP contribution in [0.3, 0.4) is 0 Å². The molecule has 0 bridgehead atoms. The summed E-state index contributed by atoms with van der Waals surface area (Å²) in [6.45, 7) is 4.01. The number of rotatable bonds is 2. The summed E-state index contributed by atoms with van der Waals surface area (Å²) < 4.78 is 2.01. The molecule has 3 N–H and O–H groups in total. The van der Waals surface area contributed by atoms with E-state index < -0.39 is 0 Å². The molecule has 2 heterocycles. The molecule has 0 unspecified atom stereocenters. The van der Waals surface area contributed by atoms with Crippen LogP contribution in [0.25, 0.3) is 5.52 Å². The summed E-state index contributed by atoms with van der Waals surface area (Å²) in [6, 6.07) is 3.75. The first-order valence-corrected chi connectivity index (χ1v) is 4.96. The van der Waals surface area contributed by atoms with Gasteiger partial charge in [0.1, 0.15) is 11.7 Å². The summed E-state index contributed by atoms with van der Waals surface area (Å²) in [5.74, 6) is 1.09. The van der Waals surface area contributed by atoms with E-state index >= 15 is 0 Å². The number of hydrogen-bond acceptors (Lipinski definition) is 2. The van der Waals surface area contributed by atoms with Gasteiger partial charge < -0.3 is 10.1 Å². The summed E-state index contributed by atoms with van der Waals surface area (Å²) in [5, 5.41) is 7.52. The summed E-state index contributed by atoms with van der Waals surface area (Å²) in [7, 11) is 0. The second kappa shape index (κ2) is 3.38. The predicted molar refractivity (Wildman–Crippen MR) is 60.3 cm³/mol. The van der Waals surface area contributed by atoms with E-state index in [-0.39, 0.29) is 5.84 Å². The lowest BCUT2D eigenvalue weighted by atomic mass is 10.2. The van der Waals surface area contributed by atoms with Crippen molar-refractivity contribution in [1.82, 2.24) is 9.38 Å². The Morgan fingerprint density at radius 2 is 2.33 bits per heavy atom. The number of amidine groups is 1. The van der Waals surface area contributed by atoms with Gasteiger partial charge in [-0.1, -0.05) is 6.92 Å². The van der Waals surface area contributed by atoms with E-state index in [1.54, 1.807) is 0 Å². The molecule has 0 aromatic carbocycles. The van der Waals surface area contributed by atoms with Gasteiger partial charge in [-0.25, -0.2) is 4.98 Å². The number of aromatic nitrogens is 2. The molecule has 0 amide bonds. The van der Waals surface area contributed by atoms with Gasteiger partial charge in [-0.2, -0.15) is 0 Å². The molecule has 0 atom stereocenters. The van der Waals surface area contributed by atoms with Gasteiger partial charge >= 0.3 is 0 Å². The third-order valence-electron chi connectivity index (χ3n) is 2.52. The molecule has 0 radical (unpaired) electrons. The summed E-state index contributed by atoms with van der Waals surface area (Å²) in [5.41, 5.74) is 8.17. The normalized spacial score (nSPS) is 10.8. The van der Waals surface area contributed by atoms with Gasteiger partial charge in [-0.3, -0.25) is 5.41 Å². The summed E-state index contributed by atoms with van der Waals surface area (Å²) in [6.07, 6.45) is 2.83.